The van der Waals surface area contributed by atoms with Crippen molar-refractivity contribution < 1.29 is 4.92 Å². The zero-order chi connectivity index (χ0) is 10.0. The molecule has 0 N–H and O–H groups in total. The number of rotatable bonds is 2. The largest absolute Gasteiger partial charge is 0.286 e. The maximum Gasteiger partial charge on any atom is 0.286 e. The number of para-hydroxylation sites is 1. The summed E-state index contributed by atoms with van der Waals surface area (Å²) in [7, 11) is 0. The van der Waals surface area contributed by atoms with Gasteiger partial charge in [-0.1, -0.05) is 26.0 Å². The summed E-state index contributed by atoms with van der Waals surface area (Å²) >= 11 is 3.17. The Labute approximate surface area is 85.0 Å². The molecule has 1 aromatic rings. The molecule has 0 aromatic heterocycles. The molecule has 0 heterocycles. The predicted molar refractivity (Wildman–Crippen MR) is 54.9 cm³/mol. The molecule has 1 rings (SSSR count). The first-order valence-corrected chi connectivity index (χ1v) is 4.76. The first-order valence-electron chi connectivity index (χ1n) is 3.97. The normalized spacial score (nSPS) is 10.5. The molecule has 0 fully saturated rings. The minimum atomic E-state index is -0.348. The van der Waals surface area contributed by atoms with Crippen LogP contribution in [0.4, 0.5) is 5.69 Å². The van der Waals surface area contributed by atoms with Crippen LogP contribution < -0.4 is 0 Å². The Bertz CT molecular complexity index is 336. The number of hydrogen-bond donors (Lipinski definition) is 0. The van der Waals surface area contributed by atoms with Crippen LogP contribution in [0.5, 0.6) is 0 Å². The number of nitrogens with zero attached hydrogens (tertiary/aromatic N) is 1. The Balaban J connectivity index is 3.34. The van der Waals surface area contributed by atoms with E-state index < -0.39 is 0 Å². The van der Waals surface area contributed by atoms with Gasteiger partial charge in [0.05, 0.1) is 9.40 Å². The third-order valence-corrected chi connectivity index (χ3v) is 2.46. The van der Waals surface area contributed by atoms with E-state index in [0.29, 0.717) is 4.47 Å². The van der Waals surface area contributed by atoms with Crippen LogP contribution >= 0.6 is 15.9 Å². The molecule has 0 aliphatic heterocycles. The minimum Gasteiger partial charge on any atom is -0.258 e. The van der Waals surface area contributed by atoms with Gasteiger partial charge in [0.2, 0.25) is 0 Å². The summed E-state index contributed by atoms with van der Waals surface area (Å²) < 4.78 is 0.545. The summed E-state index contributed by atoms with van der Waals surface area (Å²) in [5, 5.41) is 10.7. The Morgan fingerprint density at radius 3 is 2.46 bits per heavy atom. The molecule has 0 unspecified atom stereocenters. The van der Waals surface area contributed by atoms with Crippen molar-refractivity contribution in [2.24, 2.45) is 0 Å². The summed E-state index contributed by atoms with van der Waals surface area (Å²) in [5.74, 6) is 0.165. The van der Waals surface area contributed by atoms with Gasteiger partial charge in [0.15, 0.2) is 0 Å². The lowest BCUT2D eigenvalue weighted by molar-refractivity contribution is -0.386. The van der Waals surface area contributed by atoms with Crippen molar-refractivity contribution >= 4 is 21.6 Å². The van der Waals surface area contributed by atoms with Crippen molar-refractivity contribution in [3.63, 3.8) is 0 Å². The minimum absolute atomic E-state index is 0.165. The lowest BCUT2D eigenvalue weighted by atomic mass is 10.0. The molecule has 0 saturated carbocycles. The molecule has 0 atom stereocenters. The van der Waals surface area contributed by atoms with Gasteiger partial charge < -0.3 is 0 Å². The Morgan fingerprint density at radius 2 is 2.08 bits per heavy atom. The van der Waals surface area contributed by atoms with Crippen molar-refractivity contribution in [3.8, 4) is 0 Å². The molecule has 1 aromatic carbocycles. The van der Waals surface area contributed by atoms with E-state index in [-0.39, 0.29) is 16.5 Å². The monoisotopic (exact) mass is 243 g/mol. The van der Waals surface area contributed by atoms with Gasteiger partial charge in [0, 0.05) is 5.56 Å². The average Bonchev–Trinajstić information content (AvgIpc) is 2.02. The fraction of sp³-hybridized carbons (Fsp3) is 0.333. The van der Waals surface area contributed by atoms with E-state index in [9.17, 15) is 10.1 Å². The van der Waals surface area contributed by atoms with Crippen LogP contribution in [0.1, 0.15) is 25.3 Å². The van der Waals surface area contributed by atoms with E-state index >= 15 is 0 Å². The Kier molecular flexibility index (Phi) is 3.03. The predicted octanol–water partition coefficient (Wildman–Crippen LogP) is 3.48. The molecular formula is C9H10BrNO2. The van der Waals surface area contributed by atoms with Gasteiger partial charge in [-0.05, 0) is 27.9 Å². The molecule has 4 heteroatoms. The van der Waals surface area contributed by atoms with Gasteiger partial charge in [0.1, 0.15) is 0 Å². The van der Waals surface area contributed by atoms with E-state index in [1.165, 1.54) is 0 Å². The van der Waals surface area contributed by atoms with Gasteiger partial charge in [-0.2, -0.15) is 0 Å². The van der Waals surface area contributed by atoms with E-state index in [4.69, 9.17) is 0 Å². The van der Waals surface area contributed by atoms with Crippen LogP contribution in [0.15, 0.2) is 22.7 Å². The molecule has 0 spiro atoms. The Morgan fingerprint density at radius 1 is 1.46 bits per heavy atom. The molecule has 13 heavy (non-hydrogen) atoms. The van der Waals surface area contributed by atoms with Gasteiger partial charge in [-0.3, -0.25) is 10.1 Å². The van der Waals surface area contributed by atoms with Crippen molar-refractivity contribution in [3.05, 3.63) is 38.3 Å². The maximum absolute atomic E-state index is 10.7. The summed E-state index contributed by atoms with van der Waals surface area (Å²) in [6, 6.07) is 5.28. The van der Waals surface area contributed by atoms with Crippen molar-refractivity contribution in [1.29, 1.82) is 0 Å². The van der Waals surface area contributed by atoms with E-state index in [1.54, 1.807) is 12.1 Å². The highest BCUT2D eigenvalue weighted by Gasteiger charge is 2.19. The van der Waals surface area contributed by atoms with Crippen molar-refractivity contribution in [2.45, 2.75) is 19.8 Å². The van der Waals surface area contributed by atoms with Crippen LogP contribution in [-0.4, -0.2) is 4.92 Å². The average molecular weight is 244 g/mol. The van der Waals surface area contributed by atoms with Gasteiger partial charge in [-0.15, -0.1) is 0 Å². The molecule has 70 valence electrons. The molecule has 3 nitrogen and oxygen atoms in total. The highest BCUT2D eigenvalue weighted by molar-refractivity contribution is 9.10. The van der Waals surface area contributed by atoms with Crippen molar-refractivity contribution in [2.75, 3.05) is 0 Å². The maximum atomic E-state index is 10.7. The number of nitro groups is 1. The first kappa shape index (κ1) is 10.2. The molecule has 0 aliphatic carbocycles. The van der Waals surface area contributed by atoms with Gasteiger partial charge in [0.25, 0.3) is 5.69 Å². The van der Waals surface area contributed by atoms with E-state index in [2.05, 4.69) is 15.9 Å². The SMILES string of the molecule is CC(C)c1cccc(Br)c1[N+](=O)[O-]. The number of nitro benzene ring substituents is 1. The fourth-order valence-electron chi connectivity index (χ4n) is 1.19. The van der Waals surface area contributed by atoms with E-state index in [0.717, 1.165) is 5.56 Å². The summed E-state index contributed by atoms with van der Waals surface area (Å²) in [6.45, 7) is 3.88. The first-order chi connectivity index (χ1) is 6.04. The molecule has 0 saturated heterocycles. The van der Waals surface area contributed by atoms with Gasteiger partial charge in [-0.25, -0.2) is 0 Å². The number of halogens is 1. The number of hydrogen-bond acceptors (Lipinski definition) is 2. The lowest BCUT2D eigenvalue weighted by Crippen LogP contribution is -1.97. The summed E-state index contributed by atoms with van der Waals surface area (Å²) in [6.07, 6.45) is 0. The standard InChI is InChI=1S/C9H10BrNO2/c1-6(2)7-4-3-5-8(10)9(7)11(12)13/h3-6H,1-2H3. The van der Waals surface area contributed by atoms with Crippen LogP contribution in [0.3, 0.4) is 0 Å². The third kappa shape index (κ3) is 2.06. The molecule has 0 aliphatic rings. The number of benzene rings is 1. The second-order valence-corrected chi connectivity index (χ2v) is 3.94. The lowest BCUT2D eigenvalue weighted by Gasteiger charge is -2.06. The van der Waals surface area contributed by atoms with Crippen LogP contribution in [0.2, 0.25) is 0 Å². The molecular weight excluding hydrogens is 234 g/mol. The fourth-order valence-corrected chi connectivity index (χ4v) is 1.72. The van der Waals surface area contributed by atoms with Crippen LogP contribution in [0.25, 0.3) is 0 Å². The van der Waals surface area contributed by atoms with Crippen LogP contribution in [0, 0.1) is 10.1 Å². The summed E-state index contributed by atoms with van der Waals surface area (Å²) in [5.41, 5.74) is 0.942. The molecule has 0 bridgehead atoms. The highest BCUT2D eigenvalue weighted by Crippen LogP contribution is 2.32. The second kappa shape index (κ2) is 3.87. The molecule has 0 amide bonds. The van der Waals surface area contributed by atoms with E-state index in [1.807, 2.05) is 19.9 Å². The topological polar surface area (TPSA) is 43.1 Å². The Hall–Kier alpha value is -0.900. The van der Waals surface area contributed by atoms with Crippen LogP contribution in [-0.2, 0) is 0 Å². The zero-order valence-electron chi connectivity index (χ0n) is 7.45. The quantitative estimate of drug-likeness (QED) is 0.590. The van der Waals surface area contributed by atoms with Crippen molar-refractivity contribution in [1.82, 2.24) is 0 Å². The third-order valence-electron chi connectivity index (χ3n) is 1.82. The summed E-state index contributed by atoms with van der Waals surface area (Å²) in [4.78, 5) is 10.4. The zero-order valence-corrected chi connectivity index (χ0v) is 9.04. The second-order valence-electron chi connectivity index (χ2n) is 3.09. The smallest absolute Gasteiger partial charge is 0.258 e. The van der Waals surface area contributed by atoms with Gasteiger partial charge >= 0.3 is 0 Å². The molecule has 0 radical (unpaired) electrons. The highest BCUT2D eigenvalue weighted by atomic mass is 79.9.